The highest BCUT2D eigenvalue weighted by Crippen LogP contribution is 2.27. The maximum absolute atomic E-state index is 15.3. The number of aromatic nitrogens is 2. The van der Waals surface area contributed by atoms with Gasteiger partial charge in [0.05, 0.1) is 24.9 Å². The molecule has 2 bridgehead atoms. The zero-order chi connectivity index (χ0) is 102. The van der Waals surface area contributed by atoms with Crippen LogP contribution < -0.4 is 136 Å². The van der Waals surface area contributed by atoms with Gasteiger partial charge in [-0.25, -0.2) is 4.98 Å². The van der Waals surface area contributed by atoms with E-state index in [-0.39, 0.29) is 103 Å². The van der Waals surface area contributed by atoms with Gasteiger partial charge in [-0.1, -0.05) is 57.0 Å². The van der Waals surface area contributed by atoms with Gasteiger partial charge in [0.25, 0.3) is 0 Å². The standard InChI is InChI=1S/C79H131N29O24S4/c1-36(2)27-50-71(125)105-52-32-134-133-31-42(82)64(118)103-51(29-58(85)112)72(126)106-54(74(128)97-43(13-7-9-23-80)65(119)94-39(5)78(132)108-26-12-16-55(108)76(130)100-48(19-22-59(113)114)70(124)107-60(40(6)109)77(131)93-38(4)63(117)102-50)34-136-135-33-53(104-67(121)45(15-11-25-90-79(87)88)96-66(120)44(14-8-10-24-81)95-62(116)37(3)92-73(52)127)75(129)99-46(17-20-56(83)110)68(122)98-47(18-21-57(84)111)69(123)101-49(61(86)115)28-41-30-89-35-91-41/h30,35-40,42-55,60,109H,7-29,31-34,80-82H2,1-6H3,(H2,83,110)(H2,84,111)(H2,85,112)(H2,86,115)(H,89,91)(H,92,127)(H,93,131)(H,94,119)(H,95,116)(H,96,120)(H,97,128)(H,98,122)(H,99,129)(H,100,130)(H,101,123)(H,102,117)(H,103,118)(H,104,121)(H,105,125)(H,106,126)(H,107,124)(H,113,114)(H4,87,88,90)/t37-,38-,39-,40+,42-,43-,44-,45-,46-,47-,48-,49-,50-,51-,52-,53-,54-,55-,60-/m0/s1. The van der Waals surface area contributed by atoms with E-state index < -0.39 is 325 Å². The number of hydrogen-bond acceptors (Lipinski definition) is 32. The highest BCUT2D eigenvalue weighted by atomic mass is 33.1. The number of aliphatic carboxylic acids is 1. The second-order valence-corrected chi connectivity index (χ2v) is 38.2. The Morgan fingerprint density at radius 2 is 0.956 bits per heavy atom. The average molecular weight is 2000 g/mol. The number of carbonyl (C=O) groups excluding carboxylic acids is 21. The van der Waals surface area contributed by atoms with Crippen molar-refractivity contribution in [1.82, 2.24) is 105 Å². The van der Waals surface area contributed by atoms with E-state index in [1.807, 2.05) is 0 Å². The number of aliphatic hydroxyl groups excluding tert-OH is 1. The van der Waals surface area contributed by atoms with Crippen molar-refractivity contribution in [3.63, 3.8) is 0 Å². The molecule has 3 aliphatic rings. The van der Waals surface area contributed by atoms with Gasteiger partial charge >= 0.3 is 5.97 Å². The molecule has 0 aliphatic carbocycles. The minimum atomic E-state index is -1.99. The fourth-order valence-electron chi connectivity index (χ4n) is 13.7. The molecule has 3 aliphatic heterocycles. The number of carbonyl (C=O) groups is 22. The predicted molar refractivity (Wildman–Crippen MR) is 496 cm³/mol. The number of nitrogens with zero attached hydrogens (tertiary/aromatic N) is 2. The van der Waals surface area contributed by atoms with Gasteiger partial charge in [0.2, 0.25) is 124 Å². The Morgan fingerprint density at radius 3 is 1.48 bits per heavy atom. The van der Waals surface area contributed by atoms with Crippen LogP contribution in [0.1, 0.15) is 163 Å². The summed E-state index contributed by atoms with van der Waals surface area (Å²) in [6, 6.07) is -31.1. The summed E-state index contributed by atoms with van der Waals surface area (Å²) in [6.45, 7) is 7.78. The Bertz CT molecular complexity index is 4350. The summed E-state index contributed by atoms with van der Waals surface area (Å²) in [5.41, 5.74) is 46.5. The molecule has 53 nitrogen and oxygen atoms in total. The summed E-state index contributed by atoms with van der Waals surface area (Å²) in [7, 11) is 2.92. The maximum atomic E-state index is 15.3. The first-order valence-corrected chi connectivity index (χ1v) is 49.0. The highest BCUT2D eigenvalue weighted by molar-refractivity contribution is 8.77. The molecule has 57 heteroatoms. The molecular weight excluding hydrogens is 1870 g/mol. The van der Waals surface area contributed by atoms with Gasteiger partial charge in [-0.05, 0) is 137 Å². The molecule has 4 rings (SSSR count). The summed E-state index contributed by atoms with van der Waals surface area (Å²) >= 11 is 0. The largest absolute Gasteiger partial charge is 0.481 e. The molecular formula is C79H131N29O24S4. The normalized spacial score (nSPS) is 25.3. The molecule has 0 saturated carbocycles. The molecule has 21 amide bonds. The number of guanidine groups is 1. The van der Waals surface area contributed by atoms with Crippen molar-refractivity contribution in [2.24, 2.45) is 51.8 Å². The molecule has 136 heavy (non-hydrogen) atoms. The number of aliphatic hydroxyl groups is 1. The number of nitrogens with two attached hydrogens (primary N) is 8. The number of nitrogens with one attached hydrogen (secondary N) is 19. The van der Waals surface area contributed by atoms with Crippen LogP contribution in [-0.4, -0.2) is 325 Å². The summed E-state index contributed by atoms with van der Waals surface area (Å²) in [5.74, 6) is -28.2. The van der Waals surface area contributed by atoms with Crippen molar-refractivity contribution in [1.29, 1.82) is 5.41 Å². The number of amides is 21. The van der Waals surface area contributed by atoms with Crippen LogP contribution >= 0.6 is 43.2 Å². The number of fused-ring (bicyclic) bond motifs is 12. The van der Waals surface area contributed by atoms with Crippen molar-refractivity contribution in [2.75, 3.05) is 49.2 Å². The lowest BCUT2D eigenvalue weighted by Gasteiger charge is -2.30. The van der Waals surface area contributed by atoms with E-state index in [0.717, 1.165) is 40.3 Å². The number of rotatable bonds is 35. The van der Waals surface area contributed by atoms with Gasteiger partial charge in [0.1, 0.15) is 103 Å². The second-order valence-electron chi connectivity index (χ2n) is 33.1. The number of aromatic amines is 1. The first-order valence-electron chi connectivity index (χ1n) is 44.1. The summed E-state index contributed by atoms with van der Waals surface area (Å²) < 4.78 is 0. The molecule has 1 aromatic rings. The van der Waals surface area contributed by atoms with Crippen LogP contribution in [0.5, 0.6) is 0 Å². The van der Waals surface area contributed by atoms with E-state index in [9.17, 15) is 101 Å². The Labute approximate surface area is 799 Å². The lowest BCUT2D eigenvalue weighted by molar-refractivity contribution is -0.142. The number of imidazole rings is 1. The molecule has 0 aromatic carbocycles. The minimum absolute atomic E-state index is 0.0401. The number of carboxylic acid groups (broad SMARTS) is 1. The van der Waals surface area contributed by atoms with E-state index in [2.05, 4.69) is 100 Å². The van der Waals surface area contributed by atoms with Gasteiger partial charge in [-0.15, -0.1) is 0 Å². The van der Waals surface area contributed by atoms with Crippen LogP contribution in [-0.2, 0) is 112 Å². The van der Waals surface area contributed by atoms with Crippen molar-refractivity contribution >= 4 is 179 Å². The Morgan fingerprint density at radius 1 is 0.500 bits per heavy atom. The molecule has 760 valence electrons. The summed E-state index contributed by atoms with van der Waals surface area (Å²) in [6.07, 6.45) is -4.76. The molecule has 19 atom stereocenters. The topological polar surface area (TPSA) is 884 Å². The molecule has 1 aromatic heterocycles. The first kappa shape index (κ1) is 116. The summed E-state index contributed by atoms with van der Waals surface area (Å²) in [5, 5.41) is 70.6. The quantitative estimate of drug-likeness (QED) is 0.0130. The Hall–Kier alpha value is -11.9. The van der Waals surface area contributed by atoms with E-state index in [4.69, 9.17) is 51.3 Å². The number of H-pyrrole nitrogens is 1. The number of carboxylic acids is 1. The lowest BCUT2D eigenvalue weighted by Crippen LogP contribution is -2.61. The van der Waals surface area contributed by atoms with Gasteiger partial charge < -0.3 is 156 Å². The minimum Gasteiger partial charge on any atom is -0.481 e. The first-order chi connectivity index (χ1) is 64.1. The van der Waals surface area contributed by atoms with Gasteiger partial charge in [0.15, 0.2) is 5.96 Å². The summed E-state index contributed by atoms with van der Waals surface area (Å²) in [4.78, 5) is 320. The fourth-order valence-corrected chi connectivity index (χ4v) is 18.3. The average Bonchev–Trinajstić information content (AvgIpc) is 1.67. The van der Waals surface area contributed by atoms with Crippen LogP contribution in [0.4, 0.5) is 0 Å². The number of hydrogen-bond donors (Lipinski definition) is 29. The van der Waals surface area contributed by atoms with Crippen LogP contribution in [0.2, 0.25) is 0 Å². The van der Waals surface area contributed by atoms with Crippen molar-refractivity contribution in [3.8, 4) is 0 Å². The van der Waals surface area contributed by atoms with Gasteiger partial charge in [0, 0.05) is 73.7 Å². The van der Waals surface area contributed by atoms with Crippen LogP contribution in [0.15, 0.2) is 12.5 Å². The molecule has 3 saturated heterocycles. The Kier molecular flexibility index (Phi) is 51.2. The van der Waals surface area contributed by atoms with Crippen LogP contribution in [0, 0.1) is 11.3 Å². The van der Waals surface area contributed by atoms with E-state index in [0.29, 0.717) is 27.3 Å². The molecule has 0 spiro atoms. The van der Waals surface area contributed by atoms with Crippen LogP contribution in [0.25, 0.3) is 0 Å². The molecule has 4 heterocycles. The van der Waals surface area contributed by atoms with Crippen LogP contribution in [0.3, 0.4) is 0 Å². The molecule has 0 radical (unpaired) electrons. The maximum Gasteiger partial charge on any atom is 0.303 e. The third-order valence-corrected chi connectivity index (χ3v) is 26.1. The van der Waals surface area contributed by atoms with E-state index in [1.165, 1.54) is 26.4 Å². The fraction of sp³-hybridized carbons (Fsp3) is 0.671. The number of unbranched alkanes of at least 4 members (excludes halogenated alkanes) is 2. The third-order valence-electron chi connectivity index (χ3n) is 21.2. The third kappa shape index (κ3) is 41.7. The molecule has 37 N–H and O–H groups in total. The Balaban J connectivity index is 2.09. The van der Waals surface area contributed by atoms with Crippen molar-refractivity contribution in [2.45, 2.75) is 278 Å². The number of primary amides is 4. The van der Waals surface area contributed by atoms with Gasteiger partial charge in [-0.2, -0.15) is 0 Å². The van der Waals surface area contributed by atoms with E-state index in [1.54, 1.807) is 13.8 Å². The van der Waals surface area contributed by atoms with Gasteiger partial charge in [-0.3, -0.25) is 111 Å². The zero-order valence-electron chi connectivity index (χ0n) is 76.3. The second kappa shape index (κ2) is 59.8. The predicted octanol–water partition coefficient (Wildman–Crippen LogP) is -11.4. The lowest BCUT2D eigenvalue weighted by atomic mass is 10.0. The van der Waals surface area contributed by atoms with Crippen molar-refractivity contribution < 1.29 is 116 Å². The molecule has 3 fully saturated rings. The molecule has 0 unspecified atom stereocenters. The SMILES string of the molecule is CC(C)C[C@@H]1NC(=O)[C@H](C)NC(=O)[C@H]([C@@H](C)O)NC(=O)[C@H](CCC(=O)O)NC(=O)[C@@H]2CCCN2C(=O)[C@H](C)NC(=O)[C@H](CCCCN)NC(=O)[C@@H]2CSSC[C@@H](C(=O)N[C@@H](CCC(N)=O)C(=O)N[C@@H](CCC(N)=O)C(=O)N[C@@H](Cc3cnc[nH]3)C(N)=O)NC(=O)[C@H](CCCNC(=N)N)NC(=O)[C@H](CCCCN)NC(=O)[C@H](C)NC(=O)[C@H](CSSC[C@H](N)C(=O)N[C@@H](CC(N)=O)C(=O)N2)NC1=O. The van der Waals surface area contributed by atoms with Crippen molar-refractivity contribution in [3.05, 3.63) is 18.2 Å². The zero-order valence-corrected chi connectivity index (χ0v) is 79.6. The highest BCUT2D eigenvalue weighted by Gasteiger charge is 2.43. The van der Waals surface area contributed by atoms with E-state index >= 15 is 14.4 Å². The smallest absolute Gasteiger partial charge is 0.303 e. The monoisotopic (exact) mass is 2000 g/mol.